The van der Waals surface area contributed by atoms with E-state index in [4.69, 9.17) is 5.73 Å². The van der Waals surface area contributed by atoms with Crippen LogP contribution < -0.4 is 5.73 Å². The van der Waals surface area contributed by atoms with Crippen molar-refractivity contribution in [3.8, 4) is 0 Å². The molecule has 1 heterocycles. The van der Waals surface area contributed by atoms with Crippen LogP contribution in [0.3, 0.4) is 0 Å². The number of nitrogens with two attached hydrogens (primary N) is 1. The summed E-state index contributed by atoms with van der Waals surface area (Å²) in [6, 6.07) is 2.11. The first kappa shape index (κ1) is 7.22. The highest BCUT2D eigenvalue weighted by Gasteiger charge is 1.90. The van der Waals surface area contributed by atoms with Crippen molar-refractivity contribution >= 4 is 0 Å². The van der Waals surface area contributed by atoms with Gasteiger partial charge in [-0.05, 0) is 31.0 Å². The molecule has 2 heteroatoms. The average molecular weight is 136 g/mol. The van der Waals surface area contributed by atoms with Gasteiger partial charge in [0.25, 0.3) is 0 Å². The molecule has 0 radical (unpaired) electrons. The number of pyridine rings is 1. The molecule has 2 nitrogen and oxygen atoms in total. The first-order valence-corrected chi connectivity index (χ1v) is 3.43. The SMILES string of the molecule is Cc1cncc(CCN)c1. The summed E-state index contributed by atoms with van der Waals surface area (Å²) in [4.78, 5) is 4.05. The van der Waals surface area contributed by atoms with E-state index in [0.29, 0.717) is 6.54 Å². The molecule has 0 saturated heterocycles. The van der Waals surface area contributed by atoms with E-state index in [-0.39, 0.29) is 0 Å². The number of rotatable bonds is 2. The fourth-order valence-electron chi connectivity index (χ4n) is 0.921. The number of aryl methyl sites for hydroxylation is 1. The Hall–Kier alpha value is -0.890. The molecule has 2 N–H and O–H groups in total. The zero-order valence-electron chi connectivity index (χ0n) is 6.17. The number of aromatic nitrogens is 1. The molecule has 0 bridgehead atoms. The number of hydrogen-bond donors (Lipinski definition) is 1. The van der Waals surface area contributed by atoms with Gasteiger partial charge < -0.3 is 5.73 Å². The molecule has 0 aliphatic carbocycles. The van der Waals surface area contributed by atoms with E-state index in [1.807, 2.05) is 19.3 Å². The van der Waals surface area contributed by atoms with Crippen LogP contribution in [-0.2, 0) is 6.42 Å². The van der Waals surface area contributed by atoms with E-state index in [2.05, 4.69) is 11.1 Å². The maximum atomic E-state index is 5.38. The van der Waals surface area contributed by atoms with Crippen molar-refractivity contribution in [1.82, 2.24) is 4.98 Å². The summed E-state index contributed by atoms with van der Waals surface area (Å²) >= 11 is 0. The Labute approximate surface area is 61.1 Å². The minimum absolute atomic E-state index is 0.700. The monoisotopic (exact) mass is 136 g/mol. The van der Waals surface area contributed by atoms with Crippen LogP contribution in [-0.4, -0.2) is 11.5 Å². The van der Waals surface area contributed by atoms with Crippen molar-refractivity contribution < 1.29 is 0 Å². The Morgan fingerprint density at radius 2 is 2.30 bits per heavy atom. The van der Waals surface area contributed by atoms with E-state index in [0.717, 1.165) is 6.42 Å². The third kappa shape index (κ3) is 1.81. The molecule has 0 amide bonds. The second kappa shape index (κ2) is 3.32. The predicted molar refractivity (Wildman–Crippen MR) is 41.7 cm³/mol. The summed E-state index contributed by atoms with van der Waals surface area (Å²) in [5, 5.41) is 0. The standard InChI is InChI=1S/C8H12N2/c1-7-4-8(2-3-9)6-10-5-7/h4-6H,2-3,9H2,1H3. The predicted octanol–water partition coefficient (Wildman–Crippen LogP) is 0.891. The normalized spacial score (nSPS) is 9.80. The molecule has 1 aromatic heterocycles. The molecule has 54 valence electrons. The smallest absolute Gasteiger partial charge is 0.0300 e. The minimum atomic E-state index is 0.700. The molecule has 1 rings (SSSR count). The van der Waals surface area contributed by atoms with Gasteiger partial charge in [-0.2, -0.15) is 0 Å². The second-order valence-corrected chi connectivity index (χ2v) is 2.41. The molecule has 0 aliphatic rings. The summed E-state index contributed by atoms with van der Waals surface area (Å²) in [6.45, 7) is 2.73. The van der Waals surface area contributed by atoms with E-state index in [9.17, 15) is 0 Å². The van der Waals surface area contributed by atoms with Crippen LogP contribution in [0, 0.1) is 6.92 Å². The van der Waals surface area contributed by atoms with Gasteiger partial charge in [-0.3, -0.25) is 4.98 Å². The molecule has 0 fully saturated rings. The zero-order chi connectivity index (χ0) is 7.40. The molecule has 0 spiro atoms. The molecule has 1 aromatic rings. The molecule has 0 unspecified atom stereocenters. The first-order chi connectivity index (χ1) is 4.83. The third-order valence-corrected chi connectivity index (χ3v) is 1.36. The fraction of sp³-hybridized carbons (Fsp3) is 0.375. The first-order valence-electron chi connectivity index (χ1n) is 3.43. The Morgan fingerprint density at radius 1 is 1.50 bits per heavy atom. The lowest BCUT2D eigenvalue weighted by molar-refractivity contribution is 0.955. The molecule has 10 heavy (non-hydrogen) atoms. The lowest BCUT2D eigenvalue weighted by Gasteiger charge is -1.97. The van der Waals surface area contributed by atoms with Crippen LogP contribution in [0.2, 0.25) is 0 Å². The highest BCUT2D eigenvalue weighted by atomic mass is 14.6. The summed E-state index contributed by atoms with van der Waals surface area (Å²) in [5.74, 6) is 0. The van der Waals surface area contributed by atoms with Crippen molar-refractivity contribution in [3.05, 3.63) is 29.6 Å². The number of nitrogens with zero attached hydrogens (tertiary/aromatic N) is 1. The molecular formula is C8H12N2. The fourth-order valence-corrected chi connectivity index (χ4v) is 0.921. The average Bonchev–Trinajstić information content (AvgIpc) is 1.88. The Balaban J connectivity index is 2.75. The zero-order valence-corrected chi connectivity index (χ0v) is 6.17. The lowest BCUT2D eigenvalue weighted by atomic mass is 10.2. The lowest BCUT2D eigenvalue weighted by Crippen LogP contribution is -2.02. The van der Waals surface area contributed by atoms with Crippen LogP contribution in [0.1, 0.15) is 11.1 Å². The minimum Gasteiger partial charge on any atom is -0.330 e. The van der Waals surface area contributed by atoms with Gasteiger partial charge in [0.05, 0.1) is 0 Å². The van der Waals surface area contributed by atoms with Gasteiger partial charge in [0.15, 0.2) is 0 Å². The van der Waals surface area contributed by atoms with Gasteiger partial charge >= 0.3 is 0 Å². The van der Waals surface area contributed by atoms with Gasteiger partial charge in [0.2, 0.25) is 0 Å². The summed E-state index contributed by atoms with van der Waals surface area (Å²) in [5.41, 5.74) is 7.81. The van der Waals surface area contributed by atoms with Gasteiger partial charge in [-0.1, -0.05) is 6.07 Å². The maximum absolute atomic E-state index is 5.38. The highest BCUT2D eigenvalue weighted by Crippen LogP contribution is 2.00. The Bertz CT molecular complexity index is 208. The van der Waals surface area contributed by atoms with E-state index >= 15 is 0 Å². The van der Waals surface area contributed by atoms with Crippen molar-refractivity contribution in [1.29, 1.82) is 0 Å². The van der Waals surface area contributed by atoms with Crippen molar-refractivity contribution in [3.63, 3.8) is 0 Å². The maximum Gasteiger partial charge on any atom is 0.0300 e. The Kier molecular flexibility index (Phi) is 2.40. The van der Waals surface area contributed by atoms with Crippen LogP contribution >= 0.6 is 0 Å². The molecule has 0 aromatic carbocycles. The van der Waals surface area contributed by atoms with Gasteiger partial charge in [0.1, 0.15) is 0 Å². The molecule has 0 aliphatic heterocycles. The van der Waals surface area contributed by atoms with Crippen LogP contribution in [0.15, 0.2) is 18.5 Å². The largest absolute Gasteiger partial charge is 0.330 e. The molecular weight excluding hydrogens is 124 g/mol. The van der Waals surface area contributed by atoms with Crippen molar-refractivity contribution in [2.45, 2.75) is 13.3 Å². The van der Waals surface area contributed by atoms with Gasteiger partial charge in [-0.15, -0.1) is 0 Å². The van der Waals surface area contributed by atoms with E-state index in [1.165, 1.54) is 11.1 Å². The molecule has 0 saturated carbocycles. The summed E-state index contributed by atoms with van der Waals surface area (Å²) in [7, 11) is 0. The van der Waals surface area contributed by atoms with Gasteiger partial charge in [0, 0.05) is 12.4 Å². The summed E-state index contributed by atoms with van der Waals surface area (Å²) < 4.78 is 0. The van der Waals surface area contributed by atoms with Crippen LogP contribution in [0.5, 0.6) is 0 Å². The second-order valence-electron chi connectivity index (χ2n) is 2.41. The van der Waals surface area contributed by atoms with Crippen LogP contribution in [0.4, 0.5) is 0 Å². The van der Waals surface area contributed by atoms with E-state index in [1.54, 1.807) is 0 Å². The Morgan fingerprint density at radius 3 is 2.90 bits per heavy atom. The van der Waals surface area contributed by atoms with Crippen molar-refractivity contribution in [2.24, 2.45) is 5.73 Å². The quantitative estimate of drug-likeness (QED) is 0.655. The van der Waals surface area contributed by atoms with Gasteiger partial charge in [-0.25, -0.2) is 0 Å². The highest BCUT2D eigenvalue weighted by molar-refractivity contribution is 5.16. The van der Waals surface area contributed by atoms with Crippen molar-refractivity contribution in [2.75, 3.05) is 6.54 Å². The van der Waals surface area contributed by atoms with E-state index < -0.39 is 0 Å². The third-order valence-electron chi connectivity index (χ3n) is 1.36. The van der Waals surface area contributed by atoms with Crippen LogP contribution in [0.25, 0.3) is 0 Å². The molecule has 0 atom stereocenters. The summed E-state index contributed by atoms with van der Waals surface area (Å²) in [6.07, 6.45) is 4.63. The topological polar surface area (TPSA) is 38.9 Å². The number of hydrogen-bond acceptors (Lipinski definition) is 2.